The number of hydrogen-bond donors (Lipinski definition) is 0. The number of Topliss-reactive ketones (excluding diaryl/α,β-unsaturated/α-hetero) is 2. The van der Waals surface area contributed by atoms with Crippen LogP contribution < -0.4 is 0 Å². The molecule has 0 aromatic rings. The van der Waals surface area contributed by atoms with Gasteiger partial charge in [0.1, 0.15) is 12.4 Å². The van der Waals surface area contributed by atoms with E-state index in [-0.39, 0.29) is 47.1 Å². The first-order valence-electron chi connectivity index (χ1n) is 13.6. The van der Waals surface area contributed by atoms with E-state index in [9.17, 15) is 14.4 Å². The van der Waals surface area contributed by atoms with Crippen LogP contribution in [0.25, 0.3) is 0 Å². The van der Waals surface area contributed by atoms with Gasteiger partial charge < -0.3 is 4.74 Å². The summed E-state index contributed by atoms with van der Waals surface area (Å²) in [6.07, 6.45) is 9.14. The maximum Gasteiger partial charge on any atom is 0.333 e. The molecule has 2 fully saturated rings. The predicted molar refractivity (Wildman–Crippen MR) is 139 cm³/mol. The van der Waals surface area contributed by atoms with Crippen molar-refractivity contribution in [1.82, 2.24) is 0 Å². The molecule has 35 heavy (non-hydrogen) atoms. The molecular weight excluding hydrogens is 436 g/mol. The van der Waals surface area contributed by atoms with Gasteiger partial charge >= 0.3 is 5.97 Å². The summed E-state index contributed by atoms with van der Waals surface area (Å²) in [5.74, 6) is 0.710. The highest BCUT2D eigenvalue weighted by Crippen LogP contribution is 2.79. The molecule has 4 aliphatic rings. The van der Waals surface area contributed by atoms with E-state index in [1.807, 2.05) is 13.8 Å². The number of carbonyl (C=O) groups excluding carboxylic acids is 3. The molecule has 2 saturated carbocycles. The lowest BCUT2D eigenvalue weighted by molar-refractivity contribution is -0.138. The van der Waals surface area contributed by atoms with E-state index in [0.717, 1.165) is 36.8 Å². The van der Waals surface area contributed by atoms with Crippen molar-refractivity contribution < 1.29 is 19.1 Å². The number of rotatable bonds is 7. The molecule has 4 aliphatic carbocycles. The molecule has 0 heterocycles. The Kier molecular flexibility index (Phi) is 6.60. The number of allylic oxidation sites excluding steroid dienone is 4. The largest absolute Gasteiger partial charge is 0.458 e. The van der Waals surface area contributed by atoms with Crippen LogP contribution in [0.15, 0.2) is 34.4 Å². The maximum atomic E-state index is 14.5. The van der Waals surface area contributed by atoms with Gasteiger partial charge in [-0.15, -0.1) is 0 Å². The lowest BCUT2D eigenvalue weighted by Crippen LogP contribution is -2.43. The van der Waals surface area contributed by atoms with Gasteiger partial charge in [0.25, 0.3) is 0 Å². The molecular formula is C31H44O4. The Hall–Kier alpha value is -1.97. The van der Waals surface area contributed by atoms with Crippen LogP contribution in [0.1, 0.15) is 93.9 Å². The summed E-state index contributed by atoms with van der Waals surface area (Å²) in [5.41, 5.74) is 3.28. The summed E-state index contributed by atoms with van der Waals surface area (Å²) in [4.78, 5) is 40.0. The molecule has 0 N–H and O–H groups in total. The Balaban J connectivity index is 1.74. The van der Waals surface area contributed by atoms with Gasteiger partial charge in [-0.2, -0.15) is 0 Å². The number of esters is 1. The van der Waals surface area contributed by atoms with Gasteiger partial charge in [0.15, 0.2) is 5.78 Å². The molecule has 4 rings (SSSR count). The first-order chi connectivity index (χ1) is 16.3. The quantitative estimate of drug-likeness (QED) is 0.228. The molecule has 3 unspecified atom stereocenters. The molecule has 0 aromatic carbocycles. The minimum atomic E-state index is -0.475. The molecule has 4 nitrogen and oxygen atoms in total. The molecule has 4 heteroatoms. The summed E-state index contributed by atoms with van der Waals surface area (Å²) >= 11 is 0. The van der Waals surface area contributed by atoms with E-state index in [4.69, 9.17) is 4.74 Å². The van der Waals surface area contributed by atoms with Gasteiger partial charge in [-0.25, -0.2) is 4.79 Å². The third-order valence-electron chi connectivity index (χ3n) is 10.3. The topological polar surface area (TPSA) is 60.4 Å². The van der Waals surface area contributed by atoms with E-state index in [1.54, 1.807) is 6.92 Å². The Morgan fingerprint density at radius 2 is 1.83 bits per heavy atom. The van der Waals surface area contributed by atoms with Crippen molar-refractivity contribution in [3.63, 3.8) is 0 Å². The van der Waals surface area contributed by atoms with Crippen LogP contribution in [0, 0.1) is 39.9 Å². The minimum absolute atomic E-state index is 0.0687. The first-order valence-corrected chi connectivity index (χ1v) is 13.6. The normalized spacial score (nSPS) is 36.6. The van der Waals surface area contributed by atoms with E-state index < -0.39 is 5.41 Å². The molecule has 0 aromatic heterocycles. The fourth-order valence-electron chi connectivity index (χ4n) is 8.29. The third-order valence-corrected chi connectivity index (χ3v) is 10.3. The van der Waals surface area contributed by atoms with Crippen molar-refractivity contribution in [2.75, 3.05) is 6.61 Å². The smallest absolute Gasteiger partial charge is 0.333 e. The summed E-state index contributed by atoms with van der Waals surface area (Å²) in [7, 11) is 0. The van der Waals surface area contributed by atoms with Crippen LogP contribution in [0.4, 0.5) is 0 Å². The van der Waals surface area contributed by atoms with Crippen molar-refractivity contribution in [3.05, 3.63) is 34.4 Å². The zero-order chi connectivity index (χ0) is 25.9. The van der Waals surface area contributed by atoms with E-state index in [2.05, 4.69) is 46.8 Å². The van der Waals surface area contributed by atoms with Crippen molar-refractivity contribution in [3.8, 4) is 0 Å². The molecule has 0 radical (unpaired) electrons. The van der Waals surface area contributed by atoms with Crippen molar-refractivity contribution in [2.24, 2.45) is 39.9 Å². The second-order valence-electron chi connectivity index (χ2n) is 12.9. The van der Waals surface area contributed by atoms with Gasteiger partial charge in [0.2, 0.25) is 0 Å². The summed E-state index contributed by atoms with van der Waals surface area (Å²) < 4.78 is 5.75. The van der Waals surface area contributed by atoms with Crippen molar-refractivity contribution >= 4 is 17.5 Å². The molecule has 192 valence electrons. The second kappa shape index (κ2) is 8.85. The lowest BCUT2D eigenvalue weighted by Gasteiger charge is -2.40. The summed E-state index contributed by atoms with van der Waals surface area (Å²) in [6.45, 7) is 16.9. The first kappa shape index (κ1) is 26.1. The van der Waals surface area contributed by atoms with Gasteiger partial charge in [-0.1, -0.05) is 51.0 Å². The van der Waals surface area contributed by atoms with E-state index in [1.165, 1.54) is 5.57 Å². The van der Waals surface area contributed by atoms with Crippen LogP contribution >= 0.6 is 0 Å². The van der Waals surface area contributed by atoms with Gasteiger partial charge in [0.05, 0.1) is 5.41 Å². The van der Waals surface area contributed by atoms with Crippen LogP contribution in [-0.2, 0) is 19.1 Å². The Morgan fingerprint density at radius 3 is 2.46 bits per heavy atom. The Labute approximate surface area is 211 Å². The zero-order valence-corrected chi connectivity index (χ0v) is 23.0. The number of ketones is 2. The van der Waals surface area contributed by atoms with Crippen LogP contribution in [-0.4, -0.2) is 24.1 Å². The average molecular weight is 481 g/mol. The number of ether oxygens (including phenoxy) is 1. The summed E-state index contributed by atoms with van der Waals surface area (Å²) in [5, 5.41) is 0. The van der Waals surface area contributed by atoms with Crippen LogP contribution in [0.3, 0.4) is 0 Å². The SMILES string of the molecule is CCCC(=O)C[C@@]12C[C@@H](C)C34C=C(C)CC3CC(COC(=O)C(C)=C(C)C)=CC(C4=O)[C@H]1C2(C)C. The molecule has 2 bridgehead atoms. The number of hydrogen-bond acceptors (Lipinski definition) is 4. The highest BCUT2D eigenvalue weighted by Gasteiger charge is 2.77. The number of fused-ring (bicyclic) bond motifs is 3. The number of carbonyl (C=O) groups is 3. The highest BCUT2D eigenvalue weighted by molar-refractivity contribution is 5.94. The molecule has 1 spiro atoms. The van der Waals surface area contributed by atoms with Gasteiger partial charge in [-0.3, -0.25) is 9.59 Å². The monoisotopic (exact) mass is 480 g/mol. The fourth-order valence-corrected chi connectivity index (χ4v) is 8.29. The minimum Gasteiger partial charge on any atom is -0.458 e. The zero-order valence-electron chi connectivity index (χ0n) is 23.0. The lowest BCUT2D eigenvalue weighted by atomic mass is 9.62. The van der Waals surface area contributed by atoms with Crippen molar-refractivity contribution in [1.29, 1.82) is 0 Å². The Bertz CT molecular complexity index is 1040. The Morgan fingerprint density at radius 1 is 1.14 bits per heavy atom. The van der Waals surface area contributed by atoms with E-state index >= 15 is 0 Å². The maximum absolute atomic E-state index is 14.5. The third kappa shape index (κ3) is 3.90. The van der Waals surface area contributed by atoms with Gasteiger partial charge in [0, 0.05) is 24.3 Å². The van der Waals surface area contributed by atoms with Crippen molar-refractivity contribution in [2.45, 2.75) is 93.9 Å². The summed E-state index contributed by atoms with van der Waals surface area (Å²) in [6, 6.07) is 0. The highest BCUT2D eigenvalue weighted by atomic mass is 16.5. The van der Waals surface area contributed by atoms with Crippen LogP contribution in [0.2, 0.25) is 0 Å². The molecule has 6 atom stereocenters. The standard InChI is InChI=1S/C31H44O4/c1-9-10-24(32)16-30-15-20(5)31-14-19(4)11-23(31)12-22(17-35-28(34)21(6)18(2)3)13-25(27(31)33)26(30)29(30,7)8/h13-14,20,23,25-26H,9-12,15-17H2,1-8H3/t20-,23?,25?,26+,30+,31?/m1/s1. The predicted octanol–water partition coefficient (Wildman–Crippen LogP) is 6.80. The van der Waals surface area contributed by atoms with Crippen LogP contribution in [0.5, 0.6) is 0 Å². The van der Waals surface area contributed by atoms with Gasteiger partial charge in [-0.05, 0) is 87.5 Å². The molecule has 0 amide bonds. The average Bonchev–Trinajstić information content (AvgIpc) is 3.09. The second-order valence-corrected chi connectivity index (χ2v) is 12.9. The molecule has 0 saturated heterocycles. The fraction of sp³-hybridized carbons (Fsp3) is 0.710. The molecule has 0 aliphatic heterocycles. The van der Waals surface area contributed by atoms with E-state index in [0.29, 0.717) is 30.0 Å².